The molecule has 0 aromatic carbocycles. The summed E-state index contributed by atoms with van der Waals surface area (Å²) >= 11 is 0. The molecule has 0 aromatic heterocycles. The lowest BCUT2D eigenvalue weighted by Gasteiger charge is -1.88. The third-order valence-electron chi connectivity index (χ3n) is 0.927. The number of carboxylic acid groups (broad SMARTS) is 2. The van der Waals surface area contributed by atoms with Gasteiger partial charge in [0.1, 0.15) is 0 Å². The summed E-state index contributed by atoms with van der Waals surface area (Å²) in [6, 6.07) is 0. The largest absolute Gasteiger partial charge is 0.516 e. The number of carbonyl (C=O) groups is 2. The molecule has 1 aliphatic rings. The van der Waals surface area contributed by atoms with Crippen LogP contribution in [0.3, 0.4) is 0 Å². The summed E-state index contributed by atoms with van der Waals surface area (Å²) < 4.78 is 3.08. The van der Waals surface area contributed by atoms with Gasteiger partial charge in [0.15, 0.2) is 0 Å². The third kappa shape index (κ3) is 10.2. The fraction of sp³-hybridized carbons (Fsp3) is 0.286. The molecule has 1 rings (SSSR count). The Morgan fingerprint density at radius 3 is 2.00 bits per heavy atom. The number of dihydropyridines is 1. The first kappa shape index (κ1) is 11.2. The molecule has 0 radical (unpaired) electrons. The molecule has 0 saturated carbocycles. The van der Waals surface area contributed by atoms with Gasteiger partial charge in [-0.05, 0) is 12.5 Å². The van der Waals surface area contributed by atoms with Crippen LogP contribution in [-0.4, -0.2) is 35.3 Å². The molecule has 6 heteroatoms. The van der Waals surface area contributed by atoms with E-state index in [-0.39, 0.29) is 0 Å². The molecule has 0 amide bonds. The van der Waals surface area contributed by atoms with Crippen LogP contribution in [0, 0.1) is 0 Å². The number of aliphatic imine (C=N–C) groups is 1. The van der Waals surface area contributed by atoms with Crippen molar-refractivity contribution in [3.63, 3.8) is 0 Å². The van der Waals surface area contributed by atoms with Gasteiger partial charge < -0.3 is 14.9 Å². The number of ether oxygens (including phenoxy) is 1. The minimum atomic E-state index is -1.81. The van der Waals surface area contributed by atoms with Crippen molar-refractivity contribution >= 4 is 18.5 Å². The van der Waals surface area contributed by atoms with Crippen molar-refractivity contribution in [3.8, 4) is 0 Å². The summed E-state index contributed by atoms with van der Waals surface area (Å²) in [5, 5.41) is 15.0. The molecule has 0 aliphatic carbocycles. The van der Waals surface area contributed by atoms with Gasteiger partial charge in [0, 0.05) is 12.8 Å². The average Bonchev–Trinajstić information content (AvgIpc) is 2.06. The van der Waals surface area contributed by atoms with E-state index in [4.69, 9.17) is 10.2 Å². The Hall–Kier alpha value is -1.85. The Morgan fingerprint density at radius 2 is 1.92 bits per heavy atom. The minimum Gasteiger partial charge on any atom is -0.449 e. The standard InChI is InChI=1S/C5H7N.C2H2O5/c1-2-4-6-5-3-1;3-1(4)7-2(5)6/h1-2,4H,3,5H2;(H,3,4)(H,5,6). The Balaban J connectivity index is 0.000000223. The lowest BCUT2D eigenvalue weighted by molar-refractivity contribution is 0.0802. The molecule has 1 aliphatic heterocycles. The molecule has 72 valence electrons. The van der Waals surface area contributed by atoms with E-state index in [1.807, 2.05) is 12.3 Å². The fourth-order valence-corrected chi connectivity index (χ4v) is 0.516. The summed E-state index contributed by atoms with van der Waals surface area (Å²) in [6.07, 6.45) is 3.43. The molecule has 1 heterocycles. The van der Waals surface area contributed by atoms with Crippen molar-refractivity contribution in [1.82, 2.24) is 0 Å². The molecule has 0 atom stereocenters. The molecule has 0 saturated heterocycles. The molecule has 0 aromatic rings. The van der Waals surface area contributed by atoms with Gasteiger partial charge >= 0.3 is 12.3 Å². The number of allylic oxidation sites excluding steroid dienone is 1. The summed E-state index contributed by atoms with van der Waals surface area (Å²) in [7, 11) is 0. The van der Waals surface area contributed by atoms with Crippen LogP contribution in [0.5, 0.6) is 0 Å². The molecular formula is C7H9NO5. The molecule has 0 unspecified atom stereocenters. The predicted molar refractivity (Wildman–Crippen MR) is 44.3 cm³/mol. The van der Waals surface area contributed by atoms with Crippen LogP contribution in [0.25, 0.3) is 0 Å². The number of rotatable bonds is 0. The maximum atomic E-state index is 9.21. The van der Waals surface area contributed by atoms with Gasteiger partial charge in [0.2, 0.25) is 0 Å². The molecule has 6 nitrogen and oxygen atoms in total. The number of nitrogens with zero attached hydrogens (tertiary/aromatic N) is 1. The summed E-state index contributed by atoms with van der Waals surface area (Å²) in [5.74, 6) is 0. The predicted octanol–water partition coefficient (Wildman–Crippen LogP) is 1.38. The molecule has 13 heavy (non-hydrogen) atoms. The van der Waals surface area contributed by atoms with Crippen molar-refractivity contribution in [3.05, 3.63) is 12.2 Å². The van der Waals surface area contributed by atoms with Gasteiger partial charge in [-0.3, -0.25) is 4.99 Å². The van der Waals surface area contributed by atoms with E-state index in [9.17, 15) is 9.59 Å². The van der Waals surface area contributed by atoms with Crippen molar-refractivity contribution in [2.45, 2.75) is 6.42 Å². The van der Waals surface area contributed by atoms with Crippen LogP contribution in [0.15, 0.2) is 17.1 Å². The maximum Gasteiger partial charge on any atom is 0.516 e. The lowest BCUT2D eigenvalue weighted by Crippen LogP contribution is -2.05. The zero-order valence-corrected chi connectivity index (χ0v) is 6.71. The SMILES string of the molecule is C1=CCCN=C1.O=C(O)OC(=O)O. The van der Waals surface area contributed by atoms with E-state index < -0.39 is 12.3 Å². The molecular weight excluding hydrogens is 178 g/mol. The number of hydrogen-bond donors (Lipinski definition) is 2. The smallest absolute Gasteiger partial charge is 0.449 e. The van der Waals surface area contributed by atoms with E-state index in [2.05, 4.69) is 15.8 Å². The van der Waals surface area contributed by atoms with Crippen molar-refractivity contribution in [2.75, 3.05) is 6.54 Å². The highest BCUT2D eigenvalue weighted by Crippen LogP contribution is 1.87. The van der Waals surface area contributed by atoms with Crippen molar-refractivity contribution in [1.29, 1.82) is 0 Å². The molecule has 0 bridgehead atoms. The van der Waals surface area contributed by atoms with Crippen LogP contribution in [-0.2, 0) is 4.74 Å². The van der Waals surface area contributed by atoms with Gasteiger partial charge in [-0.2, -0.15) is 0 Å². The van der Waals surface area contributed by atoms with Crippen LogP contribution >= 0.6 is 0 Å². The van der Waals surface area contributed by atoms with Gasteiger partial charge in [-0.15, -0.1) is 0 Å². The molecule has 2 N–H and O–H groups in total. The second kappa shape index (κ2) is 6.84. The fourth-order valence-electron chi connectivity index (χ4n) is 0.516. The Bertz CT molecular complexity index is 209. The average molecular weight is 187 g/mol. The van der Waals surface area contributed by atoms with E-state index in [0.29, 0.717) is 0 Å². The van der Waals surface area contributed by atoms with Gasteiger partial charge in [-0.25, -0.2) is 9.59 Å². The second-order valence-corrected chi connectivity index (χ2v) is 1.91. The highest BCUT2D eigenvalue weighted by atomic mass is 16.7. The zero-order chi connectivity index (χ0) is 10.1. The highest BCUT2D eigenvalue weighted by Gasteiger charge is 2.01. The van der Waals surface area contributed by atoms with Crippen molar-refractivity contribution < 1.29 is 24.5 Å². The van der Waals surface area contributed by atoms with Crippen LogP contribution in [0.2, 0.25) is 0 Å². The Kier molecular flexibility index (Phi) is 5.86. The first-order valence-corrected chi connectivity index (χ1v) is 3.41. The zero-order valence-electron chi connectivity index (χ0n) is 6.71. The second-order valence-electron chi connectivity index (χ2n) is 1.91. The Labute approximate surface area is 74.2 Å². The topological polar surface area (TPSA) is 96.2 Å². The van der Waals surface area contributed by atoms with Crippen LogP contribution in [0.4, 0.5) is 9.59 Å². The van der Waals surface area contributed by atoms with Crippen LogP contribution < -0.4 is 0 Å². The maximum absolute atomic E-state index is 9.21. The van der Waals surface area contributed by atoms with Crippen LogP contribution in [0.1, 0.15) is 6.42 Å². The summed E-state index contributed by atoms with van der Waals surface area (Å²) in [4.78, 5) is 22.4. The lowest BCUT2D eigenvalue weighted by atomic mass is 10.3. The van der Waals surface area contributed by atoms with Gasteiger partial charge in [0.05, 0.1) is 0 Å². The van der Waals surface area contributed by atoms with Gasteiger partial charge in [-0.1, -0.05) is 6.08 Å². The quantitative estimate of drug-likeness (QED) is 0.441. The first-order chi connectivity index (χ1) is 6.13. The van der Waals surface area contributed by atoms with E-state index in [1.165, 1.54) is 0 Å². The van der Waals surface area contributed by atoms with Crippen molar-refractivity contribution in [2.24, 2.45) is 4.99 Å². The summed E-state index contributed by atoms with van der Waals surface area (Å²) in [5.41, 5.74) is 0. The molecule has 0 fully saturated rings. The van der Waals surface area contributed by atoms with E-state index in [0.717, 1.165) is 13.0 Å². The minimum absolute atomic E-state index is 0.983. The highest BCUT2D eigenvalue weighted by molar-refractivity contribution is 5.74. The Morgan fingerprint density at radius 1 is 1.31 bits per heavy atom. The third-order valence-corrected chi connectivity index (χ3v) is 0.927. The normalized spacial score (nSPS) is 12.6. The summed E-state index contributed by atoms with van der Waals surface area (Å²) in [6.45, 7) is 0.983. The number of hydrogen-bond acceptors (Lipinski definition) is 4. The van der Waals surface area contributed by atoms with Gasteiger partial charge in [0.25, 0.3) is 0 Å². The monoisotopic (exact) mass is 187 g/mol. The van der Waals surface area contributed by atoms with E-state index in [1.54, 1.807) is 0 Å². The first-order valence-electron chi connectivity index (χ1n) is 3.41. The molecule has 0 spiro atoms. The van der Waals surface area contributed by atoms with E-state index >= 15 is 0 Å².